The minimum absolute atomic E-state index is 0.0483. The van der Waals surface area contributed by atoms with E-state index < -0.39 is 0 Å². The van der Waals surface area contributed by atoms with Crippen molar-refractivity contribution in [2.75, 3.05) is 36.4 Å². The van der Waals surface area contributed by atoms with E-state index in [0.29, 0.717) is 12.5 Å². The molecule has 1 aromatic heterocycles. The number of piperidine rings is 1. The lowest BCUT2D eigenvalue weighted by atomic mass is 9.89. The molecule has 2 aliphatic heterocycles. The van der Waals surface area contributed by atoms with Crippen molar-refractivity contribution in [1.29, 1.82) is 0 Å². The van der Waals surface area contributed by atoms with Gasteiger partial charge in [-0.3, -0.25) is 9.59 Å². The zero-order valence-corrected chi connectivity index (χ0v) is 20.1. The largest absolute Gasteiger partial charge is 0.354 e. The van der Waals surface area contributed by atoms with Crippen molar-refractivity contribution in [2.45, 2.75) is 32.1 Å². The van der Waals surface area contributed by atoms with E-state index in [1.54, 1.807) is 6.20 Å². The van der Waals surface area contributed by atoms with Crippen LogP contribution in [0.5, 0.6) is 0 Å². The summed E-state index contributed by atoms with van der Waals surface area (Å²) in [6, 6.07) is 19.8. The molecule has 1 atom stereocenters. The summed E-state index contributed by atoms with van der Waals surface area (Å²) >= 11 is 0. The first kappa shape index (κ1) is 23.0. The van der Waals surface area contributed by atoms with E-state index in [0.717, 1.165) is 61.5 Å². The molecule has 7 heteroatoms. The maximum absolute atomic E-state index is 12.9. The highest BCUT2D eigenvalue weighted by molar-refractivity contribution is 5.95. The third-order valence-electron chi connectivity index (χ3n) is 7.25. The van der Waals surface area contributed by atoms with Gasteiger partial charge in [0.05, 0.1) is 5.92 Å². The van der Waals surface area contributed by atoms with Gasteiger partial charge in [0, 0.05) is 43.6 Å². The molecule has 2 fully saturated rings. The van der Waals surface area contributed by atoms with E-state index in [1.807, 2.05) is 60.4 Å². The minimum atomic E-state index is -0.0631. The number of carbonyl (C=O) groups excluding carboxylic acids is 2. The lowest BCUT2D eigenvalue weighted by molar-refractivity contribution is -0.119. The van der Waals surface area contributed by atoms with Crippen LogP contribution in [0.15, 0.2) is 66.9 Å². The molecule has 7 nitrogen and oxygen atoms in total. The Balaban J connectivity index is 1.13. The summed E-state index contributed by atoms with van der Waals surface area (Å²) in [5, 5.41) is 11.2. The van der Waals surface area contributed by atoms with Crippen molar-refractivity contribution in [2.24, 2.45) is 5.92 Å². The Labute approximate surface area is 206 Å². The predicted molar refractivity (Wildman–Crippen MR) is 136 cm³/mol. The van der Waals surface area contributed by atoms with Gasteiger partial charge >= 0.3 is 0 Å². The molecular weight excluding hydrogens is 438 g/mol. The number of benzene rings is 2. The highest BCUT2D eigenvalue weighted by Crippen LogP contribution is 2.30. The Hall–Kier alpha value is -3.74. The van der Waals surface area contributed by atoms with Crippen LogP contribution >= 0.6 is 0 Å². The number of aromatic nitrogens is 2. The zero-order valence-electron chi connectivity index (χ0n) is 20.1. The SMILES string of the molecule is Cc1ccccc1C(=O)N1CCC(c2ccc(NC(=O)[C@H]3CCN(c4cccnn4)C3)cc2)CC1. The molecule has 2 saturated heterocycles. The fourth-order valence-corrected chi connectivity index (χ4v) is 5.13. The van der Waals surface area contributed by atoms with E-state index in [9.17, 15) is 9.59 Å². The van der Waals surface area contributed by atoms with E-state index >= 15 is 0 Å². The number of likely N-dealkylation sites (tertiary alicyclic amines) is 1. The van der Waals surface area contributed by atoms with Crippen molar-refractivity contribution in [3.8, 4) is 0 Å². The van der Waals surface area contributed by atoms with Gasteiger partial charge in [-0.1, -0.05) is 30.3 Å². The fourth-order valence-electron chi connectivity index (χ4n) is 5.13. The summed E-state index contributed by atoms with van der Waals surface area (Å²) in [5.74, 6) is 1.36. The first-order valence-electron chi connectivity index (χ1n) is 12.4. The van der Waals surface area contributed by atoms with Crippen LogP contribution in [-0.2, 0) is 4.79 Å². The lowest BCUT2D eigenvalue weighted by Gasteiger charge is -2.32. The summed E-state index contributed by atoms with van der Waals surface area (Å²) in [6.07, 6.45) is 4.36. The third-order valence-corrected chi connectivity index (χ3v) is 7.25. The summed E-state index contributed by atoms with van der Waals surface area (Å²) in [4.78, 5) is 29.8. The van der Waals surface area contributed by atoms with Gasteiger partial charge in [0.2, 0.25) is 5.91 Å². The highest BCUT2D eigenvalue weighted by Gasteiger charge is 2.29. The molecule has 180 valence electrons. The minimum Gasteiger partial charge on any atom is -0.354 e. The van der Waals surface area contributed by atoms with Crippen molar-refractivity contribution < 1.29 is 9.59 Å². The van der Waals surface area contributed by atoms with Gasteiger partial charge < -0.3 is 15.1 Å². The van der Waals surface area contributed by atoms with E-state index in [2.05, 4.69) is 32.5 Å². The van der Waals surface area contributed by atoms with Crippen LogP contribution < -0.4 is 10.2 Å². The van der Waals surface area contributed by atoms with Crippen LogP contribution in [0.3, 0.4) is 0 Å². The number of hydrogen-bond acceptors (Lipinski definition) is 5. The molecule has 5 rings (SSSR count). The van der Waals surface area contributed by atoms with Crippen molar-refractivity contribution >= 4 is 23.3 Å². The van der Waals surface area contributed by atoms with E-state index in [1.165, 1.54) is 5.56 Å². The van der Waals surface area contributed by atoms with E-state index in [4.69, 9.17) is 0 Å². The lowest BCUT2D eigenvalue weighted by Crippen LogP contribution is -2.38. The number of rotatable bonds is 5. The van der Waals surface area contributed by atoms with Gasteiger partial charge in [-0.05, 0) is 73.6 Å². The molecule has 0 spiro atoms. The Kier molecular flexibility index (Phi) is 6.75. The third kappa shape index (κ3) is 5.19. The Bertz CT molecular complexity index is 1170. The monoisotopic (exact) mass is 469 g/mol. The van der Waals surface area contributed by atoms with Gasteiger partial charge in [-0.25, -0.2) is 0 Å². The standard InChI is InChI=1S/C28H31N5O2/c1-20-5-2-3-6-25(20)28(35)32-16-12-22(13-17-32)21-8-10-24(11-9-21)30-27(34)23-14-18-33(19-23)26-7-4-15-29-31-26/h2-11,15,22-23H,12-14,16-19H2,1H3,(H,30,34)/t23-/m0/s1. The number of hydrogen-bond donors (Lipinski definition) is 1. The molecule has 0 bridgehead atoms. The average molecular weight is 470 g/mol. The molecule has 0 aliphatic carbocycles. The van der Waals surface area contributed by atoms with E-state index in [-0.39, 0.29) is 17.7 Å². The molecule has 0 unspecified atom stereocenters. The first-order chi connectivity index (χ1) is 17.1. The normalized spacial score (nSPS) is 18.5. The van der Waals surface area contributed by atoms with Gasteiger partial charge in [0.15, 0.2) is 5.82 Å². The Morgan fingerprint density at radius 3 is 2.40 bits per heavy atom. The zero-order chi connectivity index (χ0) is 24.2. The Morgan fingerprint density at radius 1 is 0.914 bits per heavy atom. The molecule has 3 aromatic rings. The summed E-state index contributed by atoms with van der Waals surface area (Å²) < 4.78 is 0. The van der Waals surface area contributed by atoms with Crippen LogP contribution in [0.2, 0.25) is 0 Å². The molecule has 1 N–H and O–H groups in total. The molecule has 3 heterocycles. The number of carbonyl (C=O) groups is 2. The topological polar surface area (TPSA) is 78.4 Å². The smallest absolute Gasteiger partial charge is 0.254 e. The van der Waals surface area contributed by atoms with Crippen LogP contribution in [-0.4, -0.2) is 53.1 Å². The molecule has 35 heavy (non-hydrogen) atoms. The summed E-state index contributed by atoms with van der Waals surface area (Å²) in [7, 11) is 0. The average Bonchev–Trinajstić information content (AvgIpc) is 3.41. The van der Waals surface area contributed by atoms with Gasteiger partial charge in [-0.2, -0.15) is 5.10 Å². The first-order valence-corrected chi connectivity index (χ1v) is 12.4. The summed E-state index contributed by atoms with van der Waals surface area (Å²) in [6.45, 7) is 4.98. The van der Waals surface area contributed by atoms with Crippen molar-refractivity contribution in [1.82, 2.24) is 15.1 Å². The molecule has 2 aromatic carbocycles. The fraction of sp³-hybridized carbons (Fsp3) is 0.357. The number of amides is 2. The van der Waals surface area contributed by atoms with Gasteiger partial charge in [0.1, 0.15) is 0 Å². The Morgan fingerprint density at radius 2 is 1.69 bits per heavy atom. The second kappa shape index (κ2) is 10.3. The molecule has 2 aliphatic rings. The highest BCUT2D eigenvalue weighted by atomic mass is 16.2. The quantitative estimate of drug-likeness (QED) is 0.604. The molecule has 2 amide bonds. The maximum Gasteiger partial charge on any atom is 0.254 e. The van der Waals surface area contributed by atoms with Crippen LogP contribution in [0.1, 0.15) is 46.7 Å². The molecule has 0 saturated carbocycles. The van der Waals surface area contributed by atoms with Crippen LogP contribution in [0.25, 0.3) is 0 Å². The van der Waals surface area contributed by atoms with Gasteiger partial charge in [-0.15, -0.1) is 5.10 Å². The second-order valence-corrected chi connectivity index (χ2v) is 9.51. The molecule has 0 radical (unpaired) electrons. The van der Waals surface area contributed by atoms with Crippen LogP contribution in [0, 0.1) is 12.8 Å². The van der Waals surface area contributed by atoms with Crippen molar-refractivity contribution in [3.63, 3.8) is 0 Å². The van der Waals surface area contributed by atoms with Crippen molar-refractivity contribution in [3.05, 3.63) is 83.6 Å². The predicted octanol–water partition coefficient (Wildman–Crippen LogP) is 4.27. The van der Waals surface area contributed by atoms with Crippen LogP contribution in [0.4, 0.5) is 11.5 Å². The van der Waals surface area contributed by atoms with Gasteiger partial charge in [0.25, 0.3) is 5.91 Å². The number of anilines is 2. The second-order valence-electron chi connectivity index (χ2n) is 9.51. The summed E-state index contributed by atoms with van der Waals surface area (Å²) in [5.41, 5.74) is 3.91. The number of nitrogens with one attached hydrogen (secondary N) is 1. The maximum atomic E-state index is 12.9. The number of aryl methyl sites for hydroxylation is 1. The molecular formula is C28H31N5O2. The number of nitrogens with zero attached hydrogens (tertiary/aromatic N) is 4.